The number of hydrogen-bond acceptors (Lipinski definition) is 3. The standard InChI is InChI=1S/C20H21FN4O/c1-3-15-18(13-9-11-14(21)12-10-13)19(25-20(26)22-4-2)24-17-8-6-5-7-16(17)23-15/h5-12,18H,3-4H2,1-2H3,(H2,22,24,25,26). The van der Waals surface area contributed by atoms with Crippen molar-refractivity contribution in [1.29, 1.82) is 0 Å². The van der Waals surface area contributed by atoms with Gasteiger partial charge in [0.05, 0.1) is 17.3 Å². The number of nitrogens with zero attached hydrogens (tertiary/aromatic N) is 2. The molecule has 0 bridgehead atoms. The molecule has 1 aliphatic heterocycles. The summed E-state index contributed by atoms with van der Waals surface area (Å²) in [4.78, 5) is 21.6. The van der Waals surface area contributed by atoms with Crippen LogP contribution in [0.15, 0.2) is 58.5 Å². The van der Waals surface area contributed by atoms with Gasteiger partial charge >= 0.3 is 6.03 Å². The Morgan fingerprint density at radius 1 is 1.04 bits per heavy atom. The molecule has 2 amide bonds. The van der Waals surface area contributed by atoms with E-state index in [-0.39, 0.29) is 17.8 Å². The molecule has 5 nitrogen and oxygen atoms in total. The van der Waals surface area contributed by atoms with Gasteiger partial charge in [0, 0.05) is 12.3 Å². The number of para-hydroxylation sites is 2. The lowest BCUT2D eigenvalue weighted by Gasteiger charge is -2.20. The Balaban J connectivity index is 2.13. The molecule has 0 aromatic heterocycles. The van der Waals surface area contributed by atoms with Crippen LogP contribution < -0.4 is 10.6 Å². The smallest absolute Gasteiger partial charge is 0.320 e. The summed E-state index contributed by atoms with van der Waals surface area (Å²) in [5.41, 5.74) is 3.13. The van der Waals surface area contributed by atoms with Gasteiger partial charge in [-0.25, -0.2) is 14.2 Å². The van der Waals surface area contributed by atoms with E-state index in [1.807, 2.05) is 38.1 Å². The van der Waals surface area contributed by atoms with Gasteiger partial charge in [-0.2, -0.15) is 0 Å². The SMILES string of the molecule is CCNC(=O)NC1=Nc2ccccc2N=C(CC)C1c1ccc(F)cc1. The summed E-state index contributed by atoms with van der Waals surface area (Å²) < 4.78 is 13.4. The third-order valence-electron chi connectivity index (χ3n) is 4.14. The van der Waals surface area contributed by atoms with Crippen LogP contribution in [0.2, 0.25) is 0 Å². The summed E-state index contributed by atoms with van der Waals surface area (Å²) in [5.74, 6) is -0.181. The Morgan fingerprint density at radius 2 is 1.69 bits per heavy atom. The molecule has 3 rings (SSSR count). The van der Waals surface area contributed by atoms with Gasteiger partial charge < -0.3 is 5.32 Å². The number of aliphatic imine (C=N–C) groups is 2. The first-order valence-electron chi connectivity index (χ1n) is 8.67. The average Bonchev–Trinajstić information content (AvgIpc) is 2.79. The number of hydrogen-bond donors (Lipinski definition) is 2. The molecule has 0 aliphatic carbocycles. The van der Waals surface area contributed by atoms with Crippen LogP contribution in [0.25, 0.3) is 0 Å². The van der Waals surface area contributed by atoms with Gasteiger partial charge in [0.1, 0.15) is 11.7 Å². The first kappa shape index (κ1) is 17.8. The second-order valence-electron chi connectivity index (χ2n) is 5.91. The summed E-state index contributed by atoms with van der Waals surface area (Å²) in [7, 11) is 0. The van der Waals surface area contributed by atoms with E-state index in [4.69, 9.17) is 4.99 Å². The van der Waals surface area contributed by atoms with Gasteiger partial charge in [-0.1, -0.05) is 31.2 Å². The first-order valence-corrected chi connectivity index (χ1v) is 8.67. The van der Waals surface area contributed by atoms with Gasteiger partial charge in [0.2, 0.25) is 0 Å². The van der Waals surface area contributed by atoms with Crippen LogP contribution >= 0.6 is 0 Å². The van der Waals surface area contributed by atoms with Crippen molar-refractivity contribution in [2.75, 3.05) is 6.54 Å². The maximum Gasteiger partial charge on any atom is 0.320 e. The number of urea groups is 1. The zero-order valence-electron chi connectivity index (χ0n) is 14.8. The van der Waals surface area contributed by atoms with Crippen molar-refractivity contribution in [1.82, 2.24) is 10.6 Å². The van der Waals surface area contributed by atoms with Crippen LogP contribution in [0.1, 0.15) is 31.7 Å². The number of amides is 2. The minimum absolute atomic E-state index is 0.309. The highest BCUT2D eigenvalue weighted by Gasteiger charge is 2.27. The molecule has 0 saturated carbocycles. The number of fused-ring (bicyclic) bond motifs is 1. The predicted octanol–water partition coefficient (Wildman–Crippen LogP) is 4.45. The zero-order valence-corrected chi connectivity index (χ0v) is 14.8. The molecule has 2 aromatic carbocycles. The van der Waals surface area contributed by atoms with Crippen molar-refractivity contribution >= 4 is 29.0 Å². The second-order valence-corrected chi connectivity index (χ2v) is 5.91. The Bertz CT molecular complexity index is 858. The molecule has 0 fully saturated rings. The molecule has 2 aromatic rings. The fourth-order valence-electron chi connectivity index (χ4n) is 2.93. The fourth-order valence-corrected chi connectivity index (χ4v) is 2.93. The van der Waals surface area contributed by atoms with Gasteiger partial charge in [-0.05, 0) is 43.2 Å². The molecule has 1 atom stereocenters. The first-order chi connectivity index (χ1) is 12.6. The molecule has 26 heavy (non-hydrogen) atoms. The number of nitrogens with one attached hydrogen (secondary N) is 2. The zero-order chi connectivity index (χ0) is 18.5. The Hall–Kier alpha value is -3.02. The molecule has 134 valence electrons. The monoisotopic (exact) mass is 352 g/mol. The number of amidine groups is 1. The number of carbonyl (C=O) groups is 1. The number of benzene rings is 2. The van der Waals surface area contributed by atoms with Gasteiger partial charge in [0.25, 0.3) is 0 Å². The fraction of sp³-hybridized carbons (Fsp3) is 0.250. The summed E-state index contributed by atoms with van der Waals surface area (Å²) in [6, 6.07) is 13.4. The lowest BCUT2D eigenvalue weighted by atomic mass is 9.91. The van der Waals surface area contributed by atoms with Crippen molar-refractivity contribution < 1.29 is 9.18 Å². The topological polar surface area (TPSA) is 65.8 Å². The minimum Gasteiger partial charge on any atom is -0.338 e. The summed E-state index contributed by atoms with van der Waals surface area (Å²) in [5, 5.41) is 5.57. The molecule has 1 heterocycles. The molecular formula is C20H21FN4O. The van der Waals surface area contributed by atoms with Gasteiger partial charge in [-0.15, -0.1) is 0 Å². The molecule has 2 N–H and O–H groups in total. The molecule has 1 unspecified atom stereocenters. The van der Waals surface area contributed by atoms with Crippen molar-refractivity contribution in [2.24, 2.45) is 9.98 Å². The molecular weight excluding hydrogens is 331 g/mol. The van der Waals surface area contributed by atoms with Crippen LogP contribution in [0.5, 0.6) is 0 Å². The van der Waals surface area contributed by atoms with E-state index < -0.39 is 0 Å². The molecule has 0 radical (unpaired) electrons. The summed E-state index contributed by atoms with van der Waals surface area (Å²) in [6.07, 6.45) is 0.673. The Labute approximate surface area is 152 Å². The van der Waals surface area contributed by atoms with Gasteiger partial charge in [0.15, 0.2) is 0 Å². The normalized spacial score (nSPS) is 16.0. The molecule has 1 aliphatic rings. The average molecular weight is 352 g/mol. The van der Waals surface area contributed by atoms with E-state index in [0.717, 1.165) is 17.0 Å². The Kier molecular flexibility index (Phi) is 5.41. The minimum atomic E-state index is -0.351. The molecule has 0 spiro atoms. The lowest BCUT2D eigenvalue weighted by Crippen LogP contribution is -2.43. The summed E-state index contributed by atoms with van der Waals surface area (Å²) >= 11 is 0. The molecule has 0 saturated heterocycles. The van der Waals surface area contributed by atoms with Crippen molar-refractivity contribution in [3.8, 4) is 0 Å². The third-order valence-corrected chi connectivity index (χ3v) is 4.14. The quantitative estimate of drug-likeness (QED) is 0.842. The van der Waals surface area contributed by atoms with Crippen molar-refractivity contribution in [3.05, 3.63) is 59.9 Å². The predicted molar refractivity (Wildman–Crippen MR) is 102 cm³/mol. The van der Waals surface area contributed by atoms with E-state index in [1.54, 1.807) is 12.1 Å². The largest absolute Gasteiger partial charge is 0.338 e. The lowest BCUT2D eigenvalue weighted by molar-refractivity contribution is 0.245. The van der Waals surface area contributed by atoms with E-state index >= 15 is 0 Å². The summed E-state index contributed by atoms with van der Waals surface area (Å²) in [6.45, 7) is 4.36. The van der Waals surface area contributed by atoms with E-state index in [1.165, 1.54) is 12.1 Å². The van der Waals surface area contributed by atoms with Crippen LogP contribution in [0.4, 0.5) is 20.6 Å². The highest BCUT2D eigenvalue weighted by atomic mass is 19.1. The maximum absolute atomic E-state index is 13.4. The molecule has 6 heteroatoms. The Morgan fingerprint density at radius 3 is 2.31 bits per heavy atom. The van der Waals surface area contributed by atoms with Crippen LogP contribution in [0, 0.1) is 5.82 Å². The second kappa shape index (κ2) is 7.91. The van der Waals surface area contributed by atoms with Crippen LogP contribution in [-0.2, 0) is 0 Å². The highest BCUT2D eigenvalue weighted by Crippen LogP contribution is 2.35. The number of rotatable bonds is 3. The number of carbonyl (C=O) groups excluding carboxylic acids is 1. The van der Waals surface area contributed by atoms with Gasteiger partial charge in [-0.3, -0.25) is 10.3 Å². The van der Waals surface area contributed by atoms with Crippen LogP contribution in [-0.4, -0.2) is 24.1 Å². The van der Waals surface area contributed by atoms with Crippen LogP contribution in [0.3, 0.4) is 0 Å². The van der Waals surface area contributed by atoms with E-state index in [2.05, 4.69) is 15.6 Å². The van der Waals surface area contributed by atoms with E-state index in [9.17, 15) is 9.18 Å². The highest BCUT2D eigenvalue weighted by molar-refractivity contribution is 6.17. The maximum atomic E-state index is 13.4. The van der Waals surface area contributed by atoms with Crippen molar-refractivity contribution in [2.45, 2.75) is 26.2 Å². The van der Waals surface area contributed by atoms with Crippen molar-refractivity contribution in [3.63, 3.8) is 0 Å². The number of halogens is 1. The third kappa shape index (κ3) is 3.79. The van der Waals surface area contributed by atoms with E-state index in [0.29, 0.717) is 24.5 Å².